The third-order valence-electron chi connectivity index (χ3n) is 4.60. The molecule has 1 amide bonds. The van der Waals surface area contributed by atoms with Crippen LogP contribution >= 0.6 is 0 Å². The minimum atomic E-state index is -0.122. The fourth-order valence-electron chi connectivity index (χ4n) is 3.40. The van der Waals surface area contributed by atoms with Gasteiger partial charge in [0.2, 0.25) is 0 Å². The van der Waals surface area contributed by atoms with Gasteiger partial charge in [0.1, 0.15) is 13.2 Å². The molecule has 0 radical (unpaired) electrons. The number of amides is 1. The molecule has 1 heterocycles. The summed E-state index contributed by atoms with van der Waals surface area (Å²) in [5.74, 6) is 1.55. The van der Waals surface area contributed by atoms with Gasteiger partial charge in [-0.05, 0) is 30.9 Å². The lowest BCUT2D eigenvalue weighted by molar-refractivity contribution is 0.0904. The molecule has 1 aromatic carbocycles. The number of nitrogens with two attached hydrogens (primary N) is 1. The summed E-state index contributed by atoms with van der Waals surface area (Å²) in [6.45, 7) is 1.47. The highest BCUT2D eigenvalue weighted by Gasteiger charge is 2.26. The van der Waals surface area contributed by atoms with Crippen molar-refractivity contribution in [1.82, 2.24) is 5.32 Å². The van der Waals surface area contributed by atoms with Crippen LogP contribution in [-0.4, -0.2) is 31.7 Å². The highest BCUT2D eigenvalue weighted by molar-refractivity contribution is 5.98. The van der Waals surface area contributed by atoms with Crippen LogP contribution in [0.1, 0.15) is 42.5 Å². The first-order valence-electron chi connectivity index (χ1n) is 8.19. The van der Waals surface area contributed by atoms with Crippen LogP contribution in [0.5, 0.6) is 11.5 Å². The van der Waals surface area contributed by atoms with Gasteiger partial charge < -0.3 is 20.5 Å². The molecule has 0 saturated heterocycles. The number of fused-ring (bicyclic) bond motifs is 1. The van der Waals surface area contributed by atoms with E-state index < -0.39 is 0 Å². The maximum absolute atomic E-state index is 12.6. The van der Waals surface area contributed by atoms with E-state index in [1.165, 1.54) is 19.3 Å². The number of benzene rings is 1. The number of hydrogen-bond donors (Lipinski definition) is 2. The standard InChI is InChI=1S/C17H24N2O3/c18-11-14(12-5-2-1-3-6-12)19-17(20)13-7-4-8-15-16(13)22-10-9-21-15/h4,7-8,12,14H,1-3,5-6,9-11,18H2,(H,19,20). The summed E-state index contributed by atoms with van der Waals surface area (Å²) in [6.07, 6.45) is 6.05. The maximum atomic E-state index is 12.6. The van der Waals surface area contributed by atoms with Gasteiger partial charge in [0.15, 0.2) is 11.5 Å². The fourth-order valence-corrected chi connectivity index (χ4v) is 3.40. The van der Waals surface area contributed by atoms with E-state index in [0.717, 1.165) is 12.8 Å². The van der Waals surface area contributed by atoms with Gasteiger partial charge in [-0.15, -0.1) is 0 Å². The zero-order valence-corrected chi connectivity index (χ0v) is 12.8. The van der Waals surface area contributed by atoms with Crippen LogP contribution in [0.25, 0.3) is 0 Å². The summed E-state index contributed by atoms with van der Waals surface area (Å²) in [6, 6.07) is 5.46. The molecule has 3 N–H and O–H groups in total. The summed E-state index contributed by atoms with van der Waals surface area (Å²) < 4.78 is 11.2. The smallest absolute Gasteiger partial charge is 0.255 e. The average molecular weight is 304 g/mol. The Morgan fingerprint density at radius 1 is 1.23 bits per heavy atom. The Balaban J connectivity index is 1.73. The number of ether oxygens (including phenoxy) is 2. The van der Waals surface area contributed by atoms with Crippen LogP contribution in [0.4, 0.5) is 0 Å². The molecule has 2 aliphatic rings. The Hall–Kier alpha value is -1.75. The second-order valence-electron chi connectivity index (χ2n) is 6.04. The van der Waals surface area contributed by atoms with Crippen molar-refractivity contribution >= 4 is 5.91 Å². The van der Waals surface area contributed by atoms with Crippen molar-refractivity contribution in [3.63, 3.8) is 0 Å². The number of rotatable bonds is 4. The Kier molecular flexibility index (Phi) is 4.83. The maximum Gasteiger partial charge on any atom is 0.255 e. The van der Waals surface area contributed by atoms with Gasteiger partial charge in [-0.25, -0.2) is 0 Å². The highest BCUT2D eigenvalue weighted by Crippen LogP contribution is 2.34. The molecule has 1 aromatic rings. The van der Waals surface area contributed by atoms with Crippen molar-refractivity contribution in [3.8, 4) is 11.5 Å². The lowest BCUT2D eigenvalue weighted by atomic mass is 9.84. The molecule has 5 nitrogen and oxygen atoms in total. The van der Waals surface area contributed by atoms with Crippen molar-refractivity contribution < 1.29 is 14.3 Å². The molecular weight excluding hydrogens is 280 g/mol. The van der Waals surface area contributed by atoms with Crippen molar-refractivity contribution in [1.29, 1.82) is 0 Å². The molecular formula is C17H24N2O3. The third kappa shape index (κ3) is 3.19. The summed E-state index contributed by atoms with van der Waals surface area (Å²) in [4.78, 5) is 12.6. The van der Waals surface area contributed by atoms with Crippen LogP contribution in [0.2, 0.25) is 0 Å². The van der Waals surface area contributed by atoms with Gasteiger partial charge in [-0.2, -0.15) is 0 Å². The predicted molar refractivity (Wildman–Crippen MR) is 84.3 cm³/mol. The van der Waals surface area contributed by atoms with Crippen LogP contribution in [0.3, 0.4) is 0 Å². The van der Waals surface area contributed by atoms with Gasteiger partial charge in [0.05, 0.1) is 5.56 Å². The van der Waals surface area contributed by atoms with Crippen LogP contribution < -0.4 is 20.5 Å². The van der Waals surface area contributed by atoms with Crippen molar-refractivity contribution in [2.45, 2.75) is 38.1 Å². The normalized spacial score (nSPS) is 19.5. The molecule has 0 spiro atoms. The molecule has 1 atom stereocenters. The first-order valence-corrected chi connectivity index (χ1v) is 8.19. The van der Waals surface area contributed by atoms with E-state index in [1.807, 2.05) is 12.1 Å². The summed E-state index contributed by atoms with van der Waals surface area (Å²) in [5, 5.41) is 3.10. The monoisotopic (exact) mass is 304 g/mol. The summed E-state index contributed by atoms with van der Waals surface area (Å²) in [7, 11) is 0. The molecule has 120 valence electrons. The largest absolute Gasteiger partial charge is 0.486 e. The molecule has 3 rings (SSSR count). The molecule has 1 aliphatic carbocycles. The van der Waals surface area contributed by atoms with Crippen molar-refractivity contribution in [2.24, 2.45) is 11.7 Å². The highest BCUT2D eigenvalue weighted by atomic mass is 16.6. The number of para-hydroxylation sites is 1. The van der Waals surface area contributed by atoms with Crippen LogP contribution in [0.15, 0.2) is 18.2 Å². The molecule has 1 aliphatic heterocycles. The number of hydrogen-bond acceptors (Lipinski definition) is 4. The SMILES string of the molecule is NCC(NC(=O)c1cccc2c1OCCO2)C1CCCCC1. The van der Waals surface area contributed by atoms with Crippen LogP contribution in [-0.2, 0) is 0 Å². The van der Waals surface area contributed by atoms with E-state index in [9.17, 15) is 4.79 Å². The van der Waals surface area contributed by atoms with E-state index >= 15 is 0 Å². The molecule has 5 heteroatoms. The Bertz CT molecular complexity index is 527. The molecule has 0 bridgehead atoms. The van der Waals surface area contributed by atoms with Gasteiger partial charge >= 0.3 is 0 Å². The zero-order chi connectivity index (χ0) is 15.4. The minimum absolute atomic E-state index is 0.0353. The Labute approximate surface area is 131 Å². The number of carbonyl (C=O) groups excluding carboxylic acids is 1. The van der Waals surface area contributed by atoms with Crippen molar-refractivity contribution in [3.05, 3.63) is 23.8 Å². The van der Waals surface area contributed by atoms with Crippen LogP contribution in [0, 0.1) is 5.92 Å². The second kappa shape index (κ2) is 7.01. The summed E-state index contributed by atoms with van der Waals surface area (Å²) >= 11 is 0. The number of carbonyl (C=O) groups is 1. The van der Waals surface area contributed by atoms with E-state index in [2.05, 4.69) is 5.32 Å². The van der Waals surface area contributed by atoms with Crippen molar-refractivity contribution in [2.75, 3.05) is 19.8 Å². The molecule has 0 aromatic heterocycles. The Morgan fingerprint density at radius 3 is 2.77 bits per heavy atom. The lowest BCUT2D eigenvalue weighted by Gasteiger charge is -2.30. The molecule has 1 fully saturated rings. The Morgan fingerprint density at radius 2 is 2.00 bits per heavy atom. The van der Waals surface area contributed by atoms with Gasteiger partial charge in [-0.3, -0.25) is 4.79 Å². The van der Waals surface area contributed by atoms with E-state index in [-0.39, 0.29) is 11.9 Å². The zero-order valence-electron chi connectivity index (χ0n) is 12.8. The molecule has 1 unspecified atom stereocenters. The van der Waals surface area contributed by atoms with E-state index in [0.29, 0.717) is 42.7 Å². The number of nitrogens with one attached hydrogen (secondary N) is 1. The quantitative estimate of drug-likeness (QED) is 0.893. The van der Waals surface area contributed by atoms with Gasteiger partial charge in [0, 0.05) is 12.6 Å². The average Bonchev–Trinajstić information content (AvgIpc) is 2.59. The first kappa shape index (κ1) is 15.2. The fraction of sp³-hybridized carbons (Fsp3) is 0.588. The van der Waals surface area contributed by atoms with E-state index in [1.54, 1.807) is 6.07 Å². The van der Waals surface area contributed by atoms with Gasteiger partial charge in [0.25, 0.3) is 5.91 Å². The van der Waals surface area contributed by atoms with Gasteiger partial charge in [-0.1, -0.05) is 25.3 Å². The second-order valence-corrected chi connectivity index (χ2v) is 6.04. The topological polar surface area (TPSA) is 73.6 Å². The lowest BCUT2D eigenvalue weighted by Crippen LogP contribution is -2.46. The first-order chi connectivity index (χ1) is 10.8. The molecule has 1 saturated carbocycles. The summed E-state index contributed by atoms with van der Waals surface area (Å²) in [5.41, 5.74) is 6.43. The molecule has 22 heavy (non-hydrogen) atoms. The van der Waals surface area contributed by atoms with E-state index in [4.69, 9.17) is 15.2 Å². The predicted octanol–water partition coefficient (Wildman–Crippen LogP) is 2.10. The third-order valence-corrected chi connectivity index (χ3v) is 4.60. The minimum Gasteiger partial charge on any atom is -0.486 e.